The maximum atomic E-state index is 14.6. The van der Waals surface area contributed by atoms with Crippen LogP contribution < -0.4 is 10.2 Å². The average molecular weight is 495 g/mol. The Morgan fingerprint density at radius 3 is 2.43 bits per heavy atom. The normalized spacial score (nSPS) is 16.3. The number of hydrogen-bond acceptors (Lipinski definition) is 6. The highest BCUT2D eigenvalue weighted by atomic mass is 19.2. The molecule has 1 unspecified atom stereocenters. The van der Waals surface area contributed by atoms with Gasteiger partial charge in [0.05, 0.1) is 30.0 Å². The van der Waals surface area contributed by atoms with Crippen LogP contribution in [0.15, 0.2) is 40.9 Å². The van der Waals surface area contributed by atoms with Gasteiger partial charge in [0.1, 0.15) is 23.3 Å². The topological polar surface area (TPSA) is 129 Å². The highest BCUT2D eigenvalue weighted by Crippen LogP contribution is 2.28. The number of ether oxygens (including phenoxy) is 1. The molecule has 0 spiro atoms. The van der Waals surface area contributed by atoms with Crippen molar-refractivity contribution in [3.8, 4) is 0 Å². The predicted molar refractivity (Wildman–Crippen MR) is 114 cm³/mol. The summed E-state index contributed by atoms with van der Waals surface area (Å²) >= 11 is 0. The summed E-state index contributed by atoms with van der Waals surface area (Å²) in [6.07, 6.45) is -0.926. The summed E-state index contributed by atoms with van der Waals surface area (Å²) in [6, 6.07) is 3.70. The summed E-state index contributed by atoms with van der Waals surface area (Å²) in [7, 11) is 0. The first-order valence-electron chi connectivity index (χ1n) is 9.85. The van der Waals surface area contributed by atoms with Crippen LogP contribution in [0, 0.1) is 23.3 Å². The number of carbonyl (C=O) groups excluding carboxylic acids is 2. The fourth-order valence-corrected chi connectivity index (χ4v) is 3.07. The molecule has 1 atom stereocenters. The number of carboxylic acids is 1. The van der Waals surface area contributed by atoms with E-state index in [4.69, 9.17) is 4.74 Å². The number of rotatable bonds is 7. The van der Waals surface area contributed by atoms with E-state index in [1.54, 1.807) is 0 Å². The first kappa shape index (κ1) is 25.2. The molecular formula is C22H17F4N3O6. The van der Waals surface area contributed by atoms with Crippen molar-refractivity contribution in [2.24, 2.45) is 4.99 Å². The fourth-order valence-electron chi connectivity index (χ4n) is 3.07. The standard InChI is InChI=1S/C22H17F4N3O6/c1-10(30)27-7-12-9-29(22(34)35-12)11-2-3-19(18(26)4-11)28-8-14(21(32)33)20(31)13-5-16(24)17(25)6-15(13)23/h2-6,8,12,31H,7,9H2,1H3,(H,27,30)(H,32,33). The Kier molecular flexibility index (Phi) is 7.37. The molecule has 2 aromatic rings. The van der Waals surface area contributed by atoms with Crippen LogP contribution in [0.5, 0.6) is 0 Å². The number of aliphatic carboxylic acids is 1. The lowest BCUT2D eigenvalue weighted by Crippen LogP contribution is -2.33. The molecule has 1 fully saturated rings. The van der Waals surface area contributed by atoms with E-state index >= 15 is 0 Å². The molecule has 9 nitrogen and oxygen atoms in total. The van der Waals surface area contributed by atoms with Crippen LogP contribution in [-0.4, -0.2) is 53.6 Å². The fraction of sp³-hybridized carbons (Fsp3) is 0.182. The van der Waals surface area contributed by atoms with E-state index in [9.17, 15) is 42.2 Å². The van der Waals surface area contributed by atoms with Gasteiger partial charge in [-0.1, -0.05) is 0 Å². The third-order valence-electron chi connectivity index (χ3n) is 4.78. The maximum Gasteiger partial charge on any atom is 0.414 e. The quantitative estimate of drug-likeness (QED) is 0.177. The number of hydrogen-bond donors (Lipinski definition) is 3. The van der Waals surface area contributed by atoms with Gasteiger partial charge in [0.2, 0.25) is 5.91 Å². The minimum absolute atomic E-state index is 0.0285. The lowest BCUT2D eigenvalue weighted by atomic mass is 10.1. The molecule has 0 bridgehead atoms. The van der Waals surface area contributed by atoms with Gasteiger partial charge in [-0.05, 0) is 24.3 Å². The summed E-state index contributed by atoms with van der Waals surface area (Å²) in [6.45, 7) is 1.39. The summed E-state index contributed by atoms with van der Waals surface area (Å²) in [5, 5.41) is 21.9. The third-order valence-corrected chi connectivity index (χ3v) is 4.78. The molecule has 0 aliphatic carbocycles. The Labute approximate surface area is 194 Å². The maximum absolute atomic E-state index is 14.6. The largest absolute Gasteiger partial charge is 0.506 e. The summed E-state index contributed by atoms with van der Waals surface area (Å²) in [5.74, 6) is -8.89. The zero-order chi connectivity index (χ0) is 25.9. The van der Waals surface area contributed by atoms with Crippen LogP contribution in [0.3, 0.4) is 0 Å². The monoisotopic (exact) mass is 495 g/mol. The second kappa shape index (κ2) is 10.2. The molecule has 1 aliphatic heterocycles. The smallest absolute Gasteiger partial charge is 0.414 e. The molecule has 3 rings (SSSR count). The van der Waals surface area contributed by atoms with Crippen molar-refractivity contribution in [1.29, 1.82) is 0 Å². The van der Waals surface area contributed by atoms with Gasteiger partial charge in [-0.2, -0.15) is 0 Å². The molecular weight excluding hydrogens is 478 g/mol. The van der Waals surface area contributed by atoms with E-state index in [0.29, 0.717) is 6.21 Å². The van der Waals surface area contributed by atoms with Gasteiger partial charge in [0.25, 0.3) is 0 Å². The molecule has 13 heteroatoms. The van der Waals surface area contributed by atoms with E-state index in [0.717, 1.165) is 17.0 Å². The van der Waals surface area contributed by atoms with Gasteiger partial charge in [0, 0.05) is 19.2 Å². The average Bonchev–Trinajstić information content (AvgIpc) is 3.16. The lowest BCUT2D eigenvalue weighted by Gasteiger charge is -2.13. The number of carboxylic acid groups (broad SMARTS) is 1. The number of amides is 2. The molecule has 3 N–H and O–H groups in total. The number of aliphatic hydroxyl groups excluding tert-OH is 1. The van der Waals surface area contributed by atoms with Crippen molar-refractivity contribution in [2.45, 2.75) is 13.0 Å². The number of benzene rings is 2. The van der Waals surface area contributed by atoms with Gasteiger partial charge in [0.15, 0.2) is 17.5 Å². The third kappa shape index (κ3) is 5.75. The second-order valence-corrected chi connectivity index (χ2v) is 7.26. The highest BCUT2D eigenvalue weighted by Gasteiger charge is 2.32. The van der Waals surface area contributed by atoms with E-state index in [-0.39, 0.29) is 36.8 Å². The molecule has 1 aliphatic rings. The van der Waals surface area contributed by atoms with Crippen LogP contribution in [0.2, 0.25) is 0 Å². The Morgan fingerprint density at radius 2 is 1.80 bits per heavy atom. The van der Waals surface area contributed by atoms with E-state index < -0.39 is 64.0 Å². The molecule has 0 saturated carbocycles. The Bertz CT molecular complexity index is 1260. The molecule has 2 aromatic carbocycles. The predicted octanol–water partition coefficient (Wildman–Crippen LogP) is 3.46. The van der Waals surface area contributed by atoms with Crippen molar-refractivity contribution >= 4 is 41.3 Å². The molecule has 35 heavy (non-hydrogen) atoms. The molecule has 2 amide bonds. The van der Waals surface area contributed by atoms with E-state index in [1.807, 2.05) is 0 Å². The van der Waals surface area contributed by atoms with Crippen LogP contribution in [0.25, 0.3) is 5.76 Å². The van der Waals surface area contributed by atoms with Crippen LogP contribution >= 0.6 is 0 Å². The first-order chi connectivity index (χ1) is 16.5. The van der Waals surface area contributed by atoms with Crippen molar-refractivity contribution < 1.29 is 46.9 Å². The minimum atomic E-state index is -1.81. The van der Waals surface area contributed by atoms with Gasteiger partial charge in [-0.25, -0.2) is 27.2 Å². The number of nitrogens with zero attached hydrogens (tertiary/aromatic N) is 2. The van der Waals surface area contributed by atoms with Gasteiger partial charge >= 0.3 is 12.1 Å². The molecule has 0 aromatic heterocycles. The Morgan fingerprint density at radius 1 is 1.11 bits per heavy atom. The lowest BCUT2D eigenvalue weighted by molar-refractivity contribution is -0.132. The molecule has 1 heterocycles. The summed E-state index contributed by atoms with van der Waals surface area (Å²) in [5.41, 5.74) is -2.28. The molecule has 0 radical (unpaired) electrons. The Balaban J connectivity index is 1.85. The van der Waals surface area contributed by atoms with Gasteiger partial charge < -0.3 is 20.3 Å². The van der Waals surface area contributed by atoms with Crippen molar-refractivity contribution in [1.82, 2.24) is 5.32 Å². The summed E-state index contributed by atoms with van der Waals surface area (Å²) < 4.78 is 60.1. The van der Waals surface area contributed by atoms with Gasteiger partial charge in [-0.3, -0.25) is 14.7 Å². The van der Waals surface area contributed by atoms with Crippen molar-refractivity contribution in [3.63, 3.8) is 0 Å². The SMILES string of the molecule is CC(=O)NCC1CN(c2ccc(N=CC(C(=O)O)=C(O)c3cc(F)c(F)cc3F)c(F)c2)C(=O)O1. The van der Waals surface area contributed by atoms with E-state index in [2.05, 4.69) is 10.3 Å². The van der Waals surface area contributed by atoms with Crippen LogP contribution in [-0.2, 0) is 14.3 Å². The minimum Gasteiger partial charge on any atom is -0.506 e. The first-order valence-corrected chi connectivity index (χ1v) is 9.85. The van der Waals surface area contributed by atoms with Crippen LogP contribution in [0.4, 0.5) is 33.7 Å². The Hall–Kier alpha value is -4.42. The summed E-state index contributed by atoms with van der Waals surface area (Å²) in [4.78, 5) is 39.3. The zero-order valence-corrected chi connectivity index (χ0v) is 17.9. The number of nitrogens with one attached hydrogen (secondary N) is 1. The van der Waals surface area contributed by atoms with Crippen molar-refractivity contribution in [3.05, 3.63) is 64.7 Å². The van der Waals surface area contributed by atoms with Crippen molar-refractivity contribution in [2.75, 3.05) is 18.0 Å². The van der Waals surface area contributed by atoms with Gasteiger partial charge in [-0.15, -0.1) is 0 Å². The number of halogens is 4. The number of carbonyl (C=O) groups is 3. The molecule has 184 valence electrons. The number of aliphatic hydroxyl groups is 1. The van der Waals surface area contributed by atoms with E-state index in [1.165, 1.54) is 13.0 Å². The zero-order valence-electron chi connectivity index (χ0n) is 17.9. The van der Waals surface area contributed by atoms with Crippen LogP contribution in [0.1, 0.15) is 12.5 Å². The number of anilines is 1. The molecule has 1 saturated heterocycles. The number of cyclic esters (lactones) is 1. The second-order valence-electron chi connectivity index (χ2n) is 7.26. The number of aliphatic imine (C=N–C) groups is 1. The highest BCUT2D eigenvalue weighted by molar-refractivity contribution is 6.14.